The highest BCUT2D eigenvalue weighted by Gasteiger charge is 2.01. The smallest absolute Gasteiger partial charge is 0.170 e. The Balaban J connectivity index is 2.92. The summed E-state index contributed by atoms with van der Waals surface area (Å²) in [5.74, 6) is 0. The van der Waals surface area contributed by atoms with Gasteiger partial charge in [0.25, 0.3) is 0 Å². The Hall–Kier alpha value is -1.75. The molecule has 2 rings (SSSR count). The minimum Gasteiger partial charge on any atom is -0.451 e. The van der Waals surface area contributed by atoms with Crippen LogP contribution in [0.1, 0.15) is 5.56 Å². The molecule has 0 aliphatic rings. The van der Waals surface area contributed by atoms with E-state index < -0.39 is 0 Å². The number of furan rings is 1. The van der Waals surface area contributed by atoms with Gasteiger partial charge < -0.3 is 4.42 Å². The monoisotopic (exact) mass is 142 g/mol. The second-order valence-electron chi connectivity index (χ2n) is 2.20. The van der Waals surface area contributed by atoms with Crippen LogP contribution in [0.15, 0.2) is 28.7 Å². The quantitative estimate of drug-likeness (QED) is 0.564. The summed E-state index contributed by atoms with van der Waals surface area (Å²) in [7, 11) is 0. The van der Waals surface area contributed by atoms with E-state index in [-0.39, 0.29) is 0 Å². The summed E-state index contributed by atoms with van der Waals surface area (Å²) in [4.78, 5) is 0. The van der Waals surface area contributed by atoms with Crippen molar-refractivity contribution in [3.05, 3.63) is 36.1 Å². The fourth-order valence-electron chi connectivity index (χ4n) is 1.02. The summed E-state index contributed by atoms with van der Waals surface area (Å²) in [6.45, 7) is 0. The number of para-hydroxylation sites is 1. The van der Waals surface area contributed by atoms with Gasteiger partial charge in [-0.05, 0) is 12.1 Å². The molecule has 0 atom stereocenters. The molecule has 2 heteroatoms. The Morgan fingerprint density at radius 1 is 1.45 bits per heavy atom. The van der Waals surface area contributed by atoms with E-state index in [9.17, 15) is 0 Å². The molecule has 1 aromatic heterocycles. The maximum absolute atomic E-state index is 8.63. The number of fused-ring (bicyclic) bond motifs is 1. The molecule has 0 saturated heterocycles. The molecule has 0 aliphatic heterocycles. The van der Waals surface area contributed by atoms with Crippen LogP contribution < -0.4 is 0 Å². The van der Waals surface area contributed by atoms with Crippen molar-refractivity contribution in [2.75, 3.05) is 0 Å². The van der Waals surface area contributed by atoms with Gasteiger partial charge in [-0.3, -0.25) is 0 Å². The first-order chi connectivity index (χ1) is 5.42. The summed E-state index contributed by atoms with van der Waals surface area (Å²) in [5.41, 5.74) is 1.18. The van der Waals surface area contributed by atoms with Gasteiger partial charge in [0.15, 0.2) is 11.8 Å². The standard InChI is InChI=1S/C9H4NO/c10-6-8-3-1-2-7-4-5-11-9(7)8/h1-4H. The first-order valence-electron chi connectivity index (χ1n) is 3.20. The largest absolute Gasteiger partial charge is 0.451 e. The van der Waals surface area contributed by atoms with Crippen molar-refractivity contribution in [2.24, 2.45) is 0 Å². The molecule has 2 aromatic rings. The van der Waals surface area contributed by atoms with Gasteiger partial charge in [0.1, 0.15) is 6.07 Å². The summed E-state index contributed by atoms with van der Waals surface area (Å²) >= 11 is 0. The number of benzene rings is 1. The Morgan fingerprint density at radius 2 is 2.36 bits per heavy atom. The van der Waals surface area contributed by atoms with Crippen LogP contribution >= 0.6 is 0 Å². The van der Waals surface area contributed by atoms with Gasteiger partial charge in [0.2, 0.25) is 0 Å². The first kappa shape index (κ1) is 5.99. The molecule has 0 N–H and O–H groups in total. The van der Waals surface area contributed by atoms with Crippen molar-refractivity contribution in [1.82, 2.24) is 0 Å². The average Bonchev–Trinajstić information content (AvgIpc) is 2.50. The normalized spacial score (nSPS) is 9.73. The lowest BCUT2D eigenvalue weighted by Gasteiger charge is -1.88. The molecule has 0 unspecified atom stereocenters. The Bertz CT molecular complexity index is 422. The molecular formula is C9H4NO. The van der Waals surface area contributed by atoms with Gasteiger partial charge >= 0.3 is 0 Å². The van der Waals surface area contributed by atoms with Gasteiger partial charge in [-0.25, -0.2) is 0 Å². The average molecular weight is 142 g/mol. The Morgan fingerprint density at radius 3 is 3.18 bits per heavy atom. The Labute approximate surface area is 63.7 Å². The SMILES string of the molecule is N#Cc1cccc2c[c]oc12. The van der Waals surface area contributed by atoms with Crippen molar-refractivity contribution >= 4 is 11.0 Å². The molecular weight excluding hydrogens is 138 g/mol. The fourth-order valence-corrected chi connectivity index (χ4v) is 1.02. The van der Waals surface area contributed by atoms with E-state index in [1.165, 1.54) is 0 Å². The van der Waals surface area contributed by atoms with E-state index >= 15 is 0 Å². The van der Waals surface area contributed by atoms with Gasteiger partial charge in [0.05, 0.1) is 5.56 Å². The van der Waals surface area contributed by atoms with Gasteiger partial charge in [-0.15, -0.1) is 0 Å². The summed E-state index contributed by atoms with van der Waals surface area (Å²) in [5, 5.41) is 9.55. The number of hydrogen-bond donors (Lipinski definition) is 0. The van der Waals surface area contributed by atoms with E-state index in [0.717, 1.165) is 5.39 Å². The molecule has 1 heterocycles. The highest BCUT2D eigenvalue weighted by Crippen LogP contribution is 2.17. The summed E-state index contributed by atoms with van der Waals surface area (Å²) in [6, 6.07) is 9.19. The fraction of sp³-hybridized carbons (Fsp3) is 0. The molecule has 0 saturated carbocycles. The second kappa shape index (κ2) is 2.14. The van der Waals surface area contributed by atoms with Crippen LogP contribution in [0.2, 0.25) is 0 Å². The molecule has 0 fully saturated rings. The zero-order chi connectivity index (χ0) is 7.68. The van der Waals surface area contributed by atoms with Crippen molar-refractivity contribution < 1.29 is 4.42 Å². The molecule has 11 heavy (non-hydrogen) atoms. The van der Waals surface area contributed by atoms with Gasteiger partial charge in [-0.1, -0.05) is 12.1 Å². The molecule has 0 aliphatic carbocycles. The lowest BCUT2D eigenvalue weighted by molar-refractivity contribution is 0.605. The predicted molar refractivity (Wildman–Crippen MR) is 39.8 cm³/mol. The van der Waals surface area contributed by atoms with E-state index in [1.807, 2.05) is 18.2 Å². The third kappa shape index (κ3) is 0.786. The lowest BCUT2D eigenvalue weighted by Crippen LogP contribution is -1.72. The maximum atomic E-state index is 8.63. The highest BCUT2D eigenvalue weighted by molar-refractivity contribution is 5.82. The zero-order valence-corrected chi connectivity index (χ0v) is 5.66. The minimum atomic E-state index is 0.559. The predicted octanol–water partition coefficient (Wildman–Crippen LogP) is 2.10. The Kier molecular flexibility index (Phi) is 1.16. The first-order valence-corrected chi connectivity index (χ1v) is 3.20. The molecule has 1 radical (unpaired) electrons. The number of rotatable bonds is 0. The molecule has 0 spiro atoms. The molecule has 1 aromatic carbocycles. The van der Waals surface area contributed by atoms with E-state index in [4.69, 9.17) is 9.68 Å². The van der Waals surface area contributed by atoms with Crippen molar-refractivity contribution in [3.8, 4) is 6.07 Å². The zero-order valence-electron chi connectivity index (χ0n) is 5.66. The van der Waals surface area contributed by atoms with E-state index in [0.29, 0.717) is 11.1 Å². The number of nitrogens with zero attached hydrogens (tertiary/aromatic N) is 1. The van der Waals surface area contributed by atoms with E-state index in [1.54, 1.807) is 12.1 Å². The van der Waals surface area contributed by atoms with Crippen molar-refractivity contribution in [2.45, 2.75) is 0 Å². The topological polar surface area (TPSA) is 36.9 Å². The van der Waals surface area contributed by atoms with Crippen molar-refractivity contribution in [3.63, 3.8) is 0 Å². The van der Waals surface area contributed by atoms with Crippen LogP contribution in [0.3, 0.4) is 0 Å². The third-order valence-electron chi connectivity index (χ3n) is 1.54. The maximum Gasteiger partial charge on any atom is 0.170 e. The van der Waals surface area contributed by atoms with Gasteiger partial charge in [-0.2, -0.15) is 5.26 Å². The van der Waals surface area contributed by atoms with Crippen LogP contribution in [0.5, 0.6) is 0 Å². The minimum absolute atomic E-state index is 0.559. The van der Waals surface area contributed by atoms with Crippen LogP contribution in [-0.2, 0) is 0 Å². The van der Waals surface area contributed by atoms with Crippen LogP contribution in [0, 0.1) is 17.6 Å². The lowest BCUT2D eigenvalue weighted by atomic mass is 10.2. The van der Waals surface area contributed by atoms with Gasteiger partial charge in [0, 0.05) is 5.39 Å². The van der Waals surface area contributed by atoms with E-state index in [2.05, 4.69) is 6.26 Å². The molecule has 0 bridgehead atoms. The summed E-state index contributed by atoms with van der Waals surface area (Å²) < 4.78 is 4.99. The highest BCUT2D eigenvalue weighted by atomic mass is 16.3. The molecule has 2 nitrogen and oxygen atoms in total. The third-order valence-corrected chi connectivity index (χ3v) is 1.54. The van der Waals surface area contributed by atoms with Crippen LogP contribution in [0.4, 0.5) is 0 Å². The second-order valence-corrected chi connectivity index (χ2v) is 2.20. The van der Waals surface area contributed by atoms with Crippen molar-refractivity contribution in [1.29, 1.82) is 5.26 Å². The number of nitriles is 1. The molecule has 0 amide bonds. The molecule has 51 valence electrons. The summed E-state index contributed by atoms with van der Waals surface area (Å²) in [6.07, 6.45) is 2.59. The number of hydrogen-bond acceptors (Lipinski definition) is 2. The van der Waals surface area contributed by atoms with Crippen LogP contribution in [-0.4, -0.2) is 0 Å². The van der Waals surface area contributed by atoms with Crippen LogP contribution in [0.25, 0.3) is 11.0 Å².